The maximum absolute atomic E-state index is 6.52. The van der Waals surface area contributed by atoms with Crippen LogP contribution in [0.2, 0.25) is 0 Å². The fourth-order valence-electron chi connectivity index (χ4n) is 3.62. The van der Waals surface area contributed by atoms with Gasteiger partial charge in [0.2, 0.25) is 0 Å². The Labute approximate surface area is 125 Å². The van der Waals surface area contributed by atoms with Crippen LogP contribution < -0.4 is 5.73 Å². The molecule has 2 N–H and O–H groups in total. The third kappa shape index (κ3) is 3.85. The van der Waals surface area contributed by atoms with Crippen molar-refractivity contribution in [1.82, 2.24) is 0 Å². The Morgan fingerprint density at radius 1 is 1.00 bits per heavy atom. The van der Waals surface area contributed by atoms with Crippen LogP contribution in [0.3, 0.4) is 0 Å². The van der Waals surface area contributed by atoms with E-state index in [4.69, 9.17) is 5.73 Å². The lowest BCUT2D eigenvalue weighted by Crippen LogP contribution is -2.26. The Morgan fingerprint density at radius 3 is 2.05 bits per heavy atom. The highest BCUT2D eigenvalue weighted by Gasteiger charge is 2.25. The summed E-state index contributed by atoms with van der Waals surface area (Å²) >= 11 is 0. The molecule has 1 nitrogen and oxygen atoms in total. The molecule has 1 aliphatic rings. The van der Waals surface area contributed by atoms with E-state index >= 15 is 0 Å². The van der Waals surface area contributed by atoms with Gasteiger partial charge in [0.05, 0.1) is 0 Å². The molecule has 1 aromatic rings. The van der Waals surface area contributed by atoms with Crippen LogP contribution in [0.1, 0.15) is 82.4 Å². The molecule has 2 rings (SSSR count). The van der Waals surface area contributed by atoms with E-state index in [1.54, 1.807) is 0 Å². The van der Waals surface area contributed by atoms with E-state index in [1.165, 1.54) is 49.7 Å². The number of rotatable bonds is 5. The summed E-state index contributed by atoms with van der Waals surface area (Å²) in [5.74, 6) is 2.25. The number of benzene rings is 1. The summed E-state index contributed by atoms with van der Waals surface area (Å²) in [5, 5.41) is 0. The van der Waals surface area contributed by atoms with Crippen LogP contribution in [0.5, 0.6) is 0 Å². The number of hydrogen-bond acceptors (Lipinski definition) is 1. The van der Waals surface area contributed by atoms with E-state index < -0.39 is 0 Å². The lowest BCUT2D eigenvalue weighted by atomic mass is 9.75. The maximum Gasteiger partial charge on any atom is 0.0323 e. The van der Waals surface area contributed by atoms with Crippen molar-refractivity contribution in [1.29, 1.82) is 0 Å². The first-order valence-electron chi connectivity index (χ1n) is 8.47. The van der Waals surface area contributed by atoms with Gasteiger partial charge in [-0.2, -0.15) is 0 Å². The highest BCUT2D eigenvalue weighted by molar-refractivity contribution is 5.27. The van der Waals surface area contributed by atoms with Gasteiger partial charge in [-0.25, -0.2) is 0 Å². The van der Waals surface area contributed by atoms with Crippen molar-refractivity contribution < 1.29 is 0 Å². The molecule has 112 valence electrons. The Bertz CT molecular complexity index is 385. The summed E-state index contributed by atoms with van der Waals surface area (Å²) in [4.78, 5) is 0. The largest absolute Gasteiger partial charge is 0.324 e. The van der Waals surface area contributed by atoms with Crippen molar-refractivity contribution >= 4 is 0 Å². The highest BCUT2D eigenvalue weighted by atomic mass is 14.7. The molecule has 1 unspecified atom stereocenters. The molecule has 1 aromatic carbocycles. The van der Waals surface area contributed by atoms with Crippen molar-refractivity contribution in [2.45, 2.75) is 71.3 Å². The first-order valence-corrected chi connectivity index (χ1v) is 8.47. The second-order valence-corrected chi connectivity index (χ2v) is 6.92. The van der Waals surface area contributed by atoms with E-state index in [2.05, 4.69) is 45.0 Å². The van der Waals surface area contributed by atoms with Crippen molar-refractivity contribution in [3.63, 3.8) is 0 Å². The number of nitrogens with two attached hydrogens (primary N) is 1. The van der Waals surface area contributed by atoms with Gasteiger partial charge in [0, 0.05) is 6.04 Å². The minimum Gasteiger partial charge on any atom is -0.324 e. The van der Waals surface area contributed by atoms with Gasteiger partial charge >= 0.3 is 0 Å². The molecule has 0 heterocycles. The summed E-state index contributed by atoms with van der Waals surface area (Å²) in [6, 6.07) is 9.24. The zero-order valence-corrected chi connectivity index (χ0v) is 13.4. The molecule has 0 radical (unpaired) electrons. The first-order chi connectivity index (χ1) is 9.61. The maximum atomic E-state index is 6.52. The third-order valence-corrected chi connectivity index (χ3v) is 5.08. The second kappa shape index (κ2) is 7.26. The molecule has 0 saturated heterocycles. The Hall–Kier alpha value is -0.820. The van der Waals surface area contributed by atoms with Crippen LogP contribution >= 0.6 is 0 Å². The molecule has 1 aliphatic carbocycles. The molecular formula is C19H31N. The van der Waals surface area contributed by atoms with Gasteiger partial charge < -0.3 is 5.73 Å². The fourth-order valence-corrected chi connectivity index (χ4v) is 3.62. The number of hydrogen-bond donors (Lipinski definition) is 1. The van der Waals surface area contributed by atoms with Crippen LogP contribution in [0.15, 0.2) is 24.3 Å². The molecule has 0 amide bonds. The van der Waals surface area contributed by atoms with Gasteiger partial charge in [-0.15, -0.1) is 0 Å². The summed E-state index contributed by atoms with van der Waals surface area (Å²) in [6.07, 6.45) is 8.14. The average molecular weight is 273 g/mol. The van der Waals surface area contributed by atoms with Crippen molar-refractivity contribution in [3.05, 3.63) is 35.4 Å². The lowest BCUT2D eigenvalue weighted by Gasteiger charge is -2.32. The molecular weight excluding hydrogens is 242 g/mol. The fraction of sp³-hybridized carbons (Fsp3) is 0.684. The predicted octanol–water partition coefficient (Wildman–Crippen LogP) is 5.42. The van der Waals surface area contributed by atoms with Gasteiger partial charge in [0.1, 0.15) is 0 Å². The molecule has 1 heteroatoms. The topological polar surface area (TPSA) is 26.0 Å². The van der Waals surface area contributed by atoms with E-state index in [0.717, 1.165) is 5.92 Å². The summed E-state index contributed by atoms with van der Waals surface area (Å²) < 4.78 is 0. The smallest absolute Gasteiger partial charge is 0.0323 e. The average Bonchev–Trinajstić information content (AvgIpc) is 2.48. The van der Waals surface area contributed by atoms with Crippen molar-refractivity contribution in [3.8, 4) is 0 Å². The Kier molecular flexibility index (Phi) is 5.65. The molecule has 1 atom stereocenters. The van der Waals surface area contributed by atoms with Crippen LogP contribution in [0, 0.1) is 11.8 Å². The van der Waals surface area contributed by atoms with Gasteiger partial charge in [0.25, 0.3) is 0 Å². The summed E-state index contributed by atoms with van der Waals surface area (Å²) in [7, 11) is 0. The third-order valence-electron chi connectivity index (χ3n) is 5.08. The van der Waals surface area contributed by atoms with E-state index in [1.807, 2.05) is 0 Å². The van der Waals surface area contributed by atoms with Gasteiger partial charge in [0.15, 0.2) is 0 Å². The molecule has 20 heavy (non-hydrogen) atoms. The highest BCUT2D eigenvalue weighted by Crippen LogP contribution is 2.37. The molecule has 0 aromatic heterocycles. The molecule has 1 saturated carbocycles. The molecule has 1 fully saturated rings. The van der Waals surface area contributed by atoms with Gasteiger partial charge in [-0.05, 0) is 41.7 Å². The molecule has 0 bridgehead atoms. The summed E-state index contributed by atoms with van der Waals surface area (Å²) in [5.41, 5.74) is 9.25. The van der Waals surface area contributed by atoms with Crippen LogP contribution in [-0.2, 0) is 0 Å². The molecule has 0 aliphatic heterocycles. The minimum atomic E-state index is 0.235. The van der Waals surface area contributed by atoms with Crippen LogP contribution in [0.25, 0.3) is 0 Å². The zero-order chi connectivity index (χ0) is 14.5. The predicted molar refractivity (Wildman–Crippen MR) is 87.8 cm³/mol. The normalized spacial score (nSPS) is 24.9. The van der Waals surface area contributed by atoms with Gasteiger partial charge in [-0.3, -0.25) is 0 Å². The van der Waals surface area contributed by atoms with E-state index in [-0.39, 0.29) is 6.04 Å². The van der Waals surface area contributed by atoms with Crippen molar-refractivity contribution in [2.75, 3.05) is 0 Å². The standard InChI is InChI=1S/C19H31N/c1-4-5-15-6-8-17(9-7-15)19(20)18-12-10-16(11-13-18)14(2)3/h10-15,17,19H,4-9,20H2,1-3H3. The summed E-state index contributed by atoms with van der Waals surface area (Å²) in [6.45, 7) is 6.78. The lowest BCUT2D eigenvalue weighted by molar-refractivity contribution is 0.234. The Morgan fingerprint density at radius 2 is 1.55 bits per heavy atom. The van der Waals surface area contributed by atoms with E-state index in [0.29, 0.717) is 11.8 Å². The molecule has 0 spiro atoms. The second-order valence-electron chi connectivity index (χ2n) is 6.92. The SMILES string of the molecule is CCCC1CCC(C(N)c2ccc(C(C)C)cc2)CC1. The van der Waals surface area contributed by atoms with Crippen LogP contribution in [-0.4, -0.2) is 0 Å². The van der Waals surface area contributed by atoms with Crippen LogP contribution in [0.4, 0.5) is 0 Å². The zero-order valence-electron chi connectivity index (χ0n) is 13.4. The minimum absolute atomic E-state index is 0.235. The Balaban J connectivity index is 1.93. The van der Waals surface area contributed by atoms with Crippen molar-refractivity contribution in [2.24, 2.45) is 17.6 Å². The quantitative estimate of drug-likeness (QED) is 0.762. The monoisotopic (exact) mass is 273 g/mol. The van der Waals surface area contributed by atoms with E-state index in [9.17, 15) is 0 Å². The van der Waals surface area contributed by atoms with Gasteiger partial charge in [-0.1, -0.05) is 70.7 Å². The first kappa shape index (κ1) is 15.6.